The van der Waals surface area contributed by atoms with Crippen molar-refractivity contribution < 1.29 is 32.3 Å². The molecule has 0 saturated heterocycles. The zero-order valence-corrected chi connectivity index (χ0v) is 21.0. The molecule has 1 fully saturated rings. The lowest BCUT2D eigenvalue weighted by atomic mass is 9.94. The molecule has 0 spiro atoms. The van der Waals surface area contributed by atoms with Crippen molar-refractivity contribution in [3.63, 3.8) is 0 Å². The van der Waals surface area contributed by atoms with Crippen LogP contribution in [0.2, 0.25) is 0 Å². The molecule has 5 N–H and O–H groups in total. The Balaban J connectivity index is 1.97. The highest BCUT2D eigenvalue weighted by atomic mass is 19.4. The van der Waals surface area contributed by atoms with Crippen LogP contribution in [0.5, 0.6) is 0 Å². The molecular weight excluding hydrogens is 504 g/mol. The van der Waals surface area contributed by atoms with E-state index in [9.17, 15) is 37.5 Å². The van der Waals surface area contributed by atoms with Crippen LogP contribution in [0.25, 0.3) is 11.1 Å². The molecule has 1 aliphatic rings. The molecule has 0 radical (unpaired) electrons. The number of alkyl halides is 4. The molecule has 38 heavy (non-hydrogen) atoms. The number of aliphatic hydroxyl groups excluding tert-OH is 1. The van der Waals surface area contributed by atoms with Crippen LogP contribution in [0.1, 0.15) is 56.2 Å². The molecule has 2 amide bonds. The second-order valence-electron chi connectivity index (χ2n) is 10.0. The number of carbonyl (C=O) groups is 2. The molecule has 1 saturated carbocycles. The lowest BCUT2D eigenvalue weighted by Gasteiger charge is -2.38. The number of amides is 2. The number of nitrogens with two attached hydrogens (primary N) is 2. The highest BCUT2D eigenvalue weighted by molar-refractivity contribution is 5.84. The first-order chi connectivity index (χ1) is 17.7. The summed E-state index contributed by atoms with van der Waals surface area (Å²) in [6.07, 6.45) is -5.63. The molecule has 0 bridgehead atoms. The third-order valence-corrected chi connectivity index (χ3v) is 6.89. The first-order valence-corrected chi connectivity index (χ1v) is 12.0. The van der Waals surface area contributed by atoms with E-state index in [1.807, 2.05) is 6.07 Å². The van der Waals surface area contributed by atoms with Gasteiger partial charge in [-0.1, -0.05) is 48.5 Å². The Kier molecular flexibility index (Phi) is 8.19. The summed E-state index contributed by atoms with van der Waals surface area (Å²) >= 11 is 0. The van der Waals surface area contributed by atoms with Gasteiger partial charge in [0.2, 0.25) is 11.8 Å². The van der Waals surface area contributed by atoms with Crippen LogP contribution in [0.4, 0.5) is 17.6 Å². The monoisotopic (exact) mass is 534 g/mol. The summed E-state index contributed by atoms with van der Waals surface area (Å²) in [6.45, 7) is 1.68. The predicted molar refractivity (Wildman–Crippen MR) is 132 cm³/mol. The van der Waals surface area contributed by atoms with E-state index >= 15 is 0 Å². The van der Waals surface area contributed by atoms with Gasteiger partial charge in [0.25, 0.3) is 0 Å². The van der Waals surface area contributed by atoms with Crippen LogP contribution in [0.3, 0.4) is 0 Å². The van der Waals surface area contributed by atoms with Crippen LogP contribution in [-0.2, 0) is 9.59 Å². The van der Waals surface area contributed by atoms with Gasteiger partial charge in [0, 0.05) is 6.42 Å². The topological polar surface area (TPSA) is 133 Å². The molecule has 2 aromatic carbocycles. The van der Waals surface area contributed by atoms with Crippen LogP contribution >= 0.6 is 0 Å². The minimum absolute atomic E-state index is 0.0234. The Morgan fingerprint density at radius 1 is 1.05 bits per heavy atom. The summed E-state index contributed by atoms with van der Waals surface area (Å²) in [5.41, 5.74) is 8.81. The largest absolute Gasteiger partial charge is 0.413 e. The van der Waals surface area contributed by atoms with Gasteiger partial charge in [0.15, 0.2) is 6.04 Å². The number of hydrogen-bond donors (Lipinski definition) is 3. The summed E-state index contributed by atoms with van der Waals surface area (Å²) in [5, 5.41) is 18.9. The highest BCUT2D eigenvalue weighted by Crippen LogP contribution is 2.50. The molecular formula is C27H30F4N4O3. The zero-order chi connectivity index (χ0) is 28.5. The summed E-state index contributed by atoms with van der Waals surface area (Å²) in [4.78, 5) is 25.1. The molecule has 0 aromatic heterocycles. The van der Waals surface area contributed by atoms with Gasteiger partial charge >= 0.3 is 6.18 Å². The van der Waals surface area contributed by atoms with Crippen molar-refractivity contribution in [2.24, 2.45) is 11.5 Å². The lowest BCUT2D eigenvalue weighted by Crippen LogP contribution is -2.55. The standard InChI is InChI=1S/C27H30F4N4O3/c1-16(23(34)37)17-3-5-18(6-4-17)19-7-9-20(10-8-19)22(27(29,30)31)35(26(14-32)11-12-26)24(38)21(33)13-25(2,28)15-36/h3-10,16,21-22,36H,11-13,15,33H2,1-2H3,(H2,34,37)/t16-,21-,22-,25?/m0/s1. The summed E-state index contributed by atoms with van der Waals surface area (Å²) in [6, 6.07) is 9.82. The number of carbonyl (C=O) groups excluding carboxylic acids is 2. The summed E-state index contributed by atoms with van der Waals surface area (Å²) in [5.74, 6) is -2.21. The molecule has 0 aliphatic heterocycles. The minimum Gasteiger partial charge on any atom is -0.393 e. The number of hydrogen-bond acceptors (Lipinski definition) is 5. The van der Waals surface area contributed by atoms with E-state index in [2.05, 4.69) is 0 Å². The average Bonchev–Trinajstić information content (AvgIpc) is 3.66. The molecule has 0 heterocycles. The number of benzene rings is 2. The molecule has 1 aliphatic carbocycles. The molecule has 4 atom stereocenters. The first kappa shape index (κ1) is 29.1. The molecule has 3 rings (SSSR count). The fourth-order valence-corrected chi connectivity index (χ4v) is 4.37. The van der Waals surface area contributed by atoms with E-state index < -0.39 is 60.2 Å². The average molecular weight is 535 g/mol. The number of nitriles is 1. The summed E-state index contributed by atoms with van der Waals surface area (Å²) in [7, 11) is 0. The van der Waals surface area contributed by atoms with Crippen molar-refractivity contribution in [3.05, 3.63) is 59.7 Å². The van der Waals surface area contributed by atoms with Gasteiger partial charge in [-0.2, -0.15) is 18.4 Å². The lowest BCUT2D eigenvalue weighted by molar-refractivity contribution is -0.198. The molecule has 11 heteroatoms. The van der Waals surface area contributed by atoms with Gasteiger partial charge in [-0.15, -0.1) is 0 Å². The van der Waals surface area contributed by atoms with Crippen LogP contribution in [0.15, 0.2) is 48.5 Å². The summed E-state index contributed by atoms with van der Waals surface area (Å²) < 4.78 is 57.8. The number of rotatable bonds is 10. The SMILES string of the molecule is C[C@H](C(N)=O)c1ccc(-c2ccc([C@H](N(C(=O)[C@@H](N)CC(C)(F)CO)C3(C#N)CC3)C(F)(F)F)cc2)cc1. The normalized spacial score (nSPS) is 18.4. The van der Waals surface area contributed by atoms with Crippen molar-refractivity contribution in [3.8, 4) is 17.2 Å². The minimum atomic E-state index is -4.97. The maximum atomic E-state index is 14.5. The fourth-order valence-electron chi connectivity index (χ4n) is 4.37. The van der Waals surface area contributed by atoms with E-state index in [0.29, 0.717) is 21.6 Å². The molecule has 1 unspecified atom stereocenters. The van der Waals surface area contributed by atoms with E-state index in [1.54, 1.807) is 31.2 Å². The van der Waals surface area contributed by atoms with Crippen LogP contribution in [-0.4, -0.2) is 51.9 Å². The van der Waals surface area contributed by atoms with Gasteiger partial charge < -0.3 is 21.5 Å². The van der Waals surface area contributed by atoms with E-state index in [4.69, 9.17) is 11.5 Å². The first-order valence-electron chi connectivity index (χ1n) is 12.0. The van der Waals surface area contributed by atoms with E-state index in [0.717, 1.165) is 6.92 Å². The fraction of sp³-hybridized carbons (Fsp3) is 0.444. The van der Waals surface area contributed by atoms with Gasteiger partial charge in [-0.3, -0.25) is 9.59 Å². The Labute approximate surface area is 218 Å². The Morgan fingerprint density at radius 2 is 1.53 bits per heavy atom. The maximum Gasteiger partial charge on any atom is 0.413 e. The second-order valence-corrected chi connectivity index (χ2v) is 10.0. The van der Waals surface area contributed by atoms with E-state index in [-0.39, 0.29) is 18.4 Å². The van der Waals surface area contributed by atoms with Crippen molar-refractivity contribution in [1.82, 2.24) is 4.90 Å². The number of primary amides is 1. The molecule has 2 aromatic rings. The third kappa shape index (κ3) is 6.14. The Hall–Kier alpha value is -3.49. The van der Waals surface area contributed by atoms with Gasteiger partial charge in [0.1, 0.15) is 11.2 Å². The second kappa shape index (κ2) is 10.7. The number of nitrogens with zero attached hydrogens (tertiary/aromatic N) is 2. The molecule has 204 valence electrons. The van der Waals surface area contributed by atoms with Crippen LogP contribution < -0.4 is 11.5 Å². The Morgan fingerprint density at radius 3 is 1.89 bits per heavy atom. The quantitative estimate of drug-likeness (QED) is 0.398. The van der Waals surface area contributed by atoms with Crippen molar-refractivity contribution in [2.45, 2.75) is 68.5 Å². The molecule has 7 nitrogen and oxygen atoms in total. The van der Waals surface area contributed by atoms with Crippen molar-refractivity contribution in [1.29, 1.82) is 5.26 Å². The van der Waals surface area contributed by atoms with Gasteiger partial charge in [-0.25, -0.2) is 4.39 Å². The number of aliphatic hydroxyl groups is 1. The van der Waals surface area contributed by atoms with E-state index in [1.165, 1.54) is 24.3 Å². The Bertz CT molecular complexity index is 1200. The number of halogens is 4. The third-order valence-electron chi connectivity index (χ3n) is 6.89. The van der Waals surface area contributed by atoms with Gasteiger partial charge in [-0.05, 0) is 48.9 Å². The predicted octanol–water partition coefficient (Wildman–Crippen LogP) is 3.87. The zero-order valence-electron chi connectivity index (χ0n) is 21.0. The maximum absolute atomic E-state index is 14.5. The van der Waals surface area contributed by atoms with Crippen LogP contribution in [0, 0.1) is 11.3 Å². The smallest absolute Gasteiger partial charge is 0.393 e. The van der Waals surface area contributed by atoms with Crippen molar-refractivity contribution >= 4 is 11.8 Å². The van der Waals surface area contributed by atoms with Crippen molar-refractivity contribution in [2.75, 3.05) is 6.61 Å². The van der Waals surface area contributed by atoms with Gasteiger partial charge in [0.05, 0.1) is 24.6 Å². The highest BCUT2D eigenvalue weighted by Gasteiger charge is 2.60.